The van der Waals surface area contributed by atoms with Crippen LogP contribution in [0.1, 0.15) is 48.0 Å². The van der Waals surface area contributed by atoms with Crippen molar-refractivity contribution < 1.29 is 23.9 Å². The quantitative estimate of drug-likeness (QED) is 0.579. The molecule has 9 heteroatoms. The van der Waals surface area contributed by atoms with Gasteiger partial charge in [-0.25, -0.2) is 4.79 Å². The van der Waals surface area contributed by atoms with Crippen LogP contribution in [0.3, 0.4) is 0 Å². The van der Waals surface area contributed by atoms with Gasteiger partial charge in [0, 0.05) is 20.5 Å². The Morgan fingerprint density at radius 1 is 1.08 bits per heavy atom. The van der Waals surface area contributed by atoms with Crippen molar-refractivity contribution in [1.82, 2.24) is 16.0 Å². The normalized spacial score (nSPS) is 13.5. The lowest BCUT2D eigenvalue weighted by Gasteiger charge is -2.23. The molecule has 2 atom stereocenters. The van der Waals surface area contributed by atoms with Gasteiger partial charge in [-0.1, -0.05) is 25.6 Å². The van der Waals surface area contributed by atoms with Crippen molar-refractivity contribution in [3.63, 3.8) is 0 Å². The average molecular weight is 390 g/mol. The van der Waals surface area contributed by atoms with Crippen molar-refractivity contribution in [3.05, 3.63) is 0 Å². The number of thioether (sulfide) groups is 1. The molecular weight excluding hydrogens is 358 g/mol. The summed E-state index contributed by atoms with van der Waals surface area (Å²) in [6.07, 6.45) is -0.216. The summed E-state index contributed by atoms with van der Waals surface area (Å²) in [6, 6.07) is -0.705. The number of likely N-dealkylation sites (N-methyl/N-ethyl adjacent to an activating group) is 1. The first-order valence-corrected chi connectivity index (χ1v) is 9.39. The van der Waals surface area contributed by atoms with E-state index in [1.807, 2.05) is 13.8 Å². The van der Waals surface area contributed by atoms with Crippen molar-refractivity contribution in [2.45, 2.75) is 64.9 Å². The molecule has 0 saturated heterocycles. The number of alkyl carbamates (subject to hydrolysis) is 1. The Balaban J connectivity index is 4.98. The van der Waals surface area contributed by atoms with Gasteiger partial charge in [-0.15, -0.1) is 0 Å². The number of amides is 3. The monoisotopic (exact) mass is 389 g/mol. The summed E-state index contributed by atoms with van der Waals surface area (Å²) in [5.74, 6) is -0.606. The highest BCUT2D eigenvalue weighted by Gasteiger charge is 2.28. The standard InChI is InChI=1S/C17H31N3O5S/c1-10(2)8-12(14(22)18-7)20-15(23)13(26-11(3)21)9-19-16(24)25-17(4,5)6/h10,12-13H,8-9H2,1-7H3,(H,18,22)(H,19,24)(H,20,23)/t12-,13?/m0/s1. The fourth-order valence-electron chi connectivity index (χ4n) is 2.02. The van der Waals surface area contributed by atoms with E-state index in [1.54, 1.807) is 20.8 Å². The molecule has 0 rings (SSSR count). The Hall–Kier alpha value is -1.77. The minimum Gasteiger partial charge on any atom is -0.444 e. The summed E-state index contributed by atoms with van der Waals surface area (Å²) in [5, 5.41) is 6.53. The maximum Gasteiger partial charge on any atom is 0.407 e. The second-order valence-corrected chi connectivity index (χ2v) is 8.67. The lowest BCUT2D eigenvalue weighted by Crippen LogP contribution is -2.51. The van der Waals surface area contributed by atoms with Gasteiger partial charge in [0.2, 0.25) is 11.8 Å². The third kappa shape index (κ3) is 11.0. The van der Waals surface area contributed by atoms with Crippen molar-refractivity contribution in [3.8, 4) is 0 Å². The van der Waals surface area contributed by atoms with E-state index in [0.29, 0.717) is 6.42 Å². The van der Waals surface area contributed by atoms with Gasteiger partial charge in [-0.05, 0) is 33.1 Å². The van der Waals surface area contributed by atoms with Gasteiger partial charge >= 0.3 is 6.09 Å². The molecule has 0 fully saturated rings. The molecule has 0 aliphatic carbocycles. The SMILES string of the molecule is CNC(=O)[C@H](CC(C)C)NC(=O)C(CNC(=O)OC(C)(C)C)SC(C)=O. The lowest BCUT2D eigenvalue weighted by atomic mass is 10.0. The van der Waals surface area contributed by atoms with Crippen LogP contribution in [0.2, 0.25) is 0 Å². The van der Waals surface area contributed by atoms with Crippen LogP contribution in [-0.2, 0) is 19.1 Å². The third-order valence-electron chi connectivity index (χ3n) is 3.02. The number of hydrogen-bond acceptors (Lipinski definition) is 6. The van der Waals surface area contributed by atoms with Gasteiger partial charge in [0.05, 0.1) is 0 Å². The van der Waals surface area contributed by atoms with Crippen LogP contribution in [0.15, 0.2) is 0 Å². The van der Waals surface area contributed by atoms with E-state index in [9.17, 15) is 19.2 Å². The Morgan fingerprint density at radius 3 is 2.08 bits per heavy atom. The average Bonchev–Trinajstić information content (AvgIpc) is 2.47. The molecule has 0 radical (unpaired) electrons. The van der Waals surface area contributed by atoms with Crippen molar-refractivity contribution in [1.29, 1.82) is 0 Å². The largest absolute Gasteiger partial charge is 0.444 e. The van der Waals surface area contributed by atoms with Crippen molar-refractivity contribution >= 4 is 34.8 Å². The minimum absolute atomic E-state index is 0.0901. The molecule has 0 aliphatic rings. The van der Waals surface area contributed by atoms with E-state index in [2.05, 4.69) is 16.0 Å². The van der Waals surface area contributed by atoms with Crippen LogP contribution >= 0.6 is 11.8 Å². The molecule has 0 aromatic carbocycles. The lowest BCUT2D eigenvalue weighted by molar-refractivity contribution is -0.128. The van der Waals surface area contributed by atoms with Crippen molar-refractivity contribution in [2.75, 3.05) is 13.6 Å². The van der Waals surface area contributed by atoms with Crippen LogP contribution in [-0.4, -0.2) is 53.5 Å². The van der Waals surface area contributed by atoms with Gasteiger partial charge in [0.25, 0.3) is 0 Å². The van der Waals surface area contributed by atoms with E-state index in [0.717, 1.165) is 11.8 Å². The van der Waals surface area contributed by atoms with E-state index < -0.39 is 28.9 Å². The maximum atomic E-state index is 12.5. The summed E-state index contributed by atoms with van der Waals surface area (Å²) in [4.78, 5) is 47.7. The van der Waals surface area contributed by atoms with E-state index in [1.165, 1.54) is 14.0 Å². The van der Waals surface area contributed by atoms with Crippen LogP contribution in [0.4, 0.5) is 4.79 Å². The van der Waals surface area contributed by atoms with Crippen LogP contribution < -0.4 is 16.0 Å². The van der Waals surface area contributed by atoms with Crippen LogP contribution in [0, 0.1) is 5.92 Å². The topological polar surface area (TPSA) is 114 Å². The summed E-state index contributed by atoms with van der Waals surface area (Å²) in [5.41, 5.74) is -0.670. The van der Waals surface area contributed by atoms with Crippen molar-refractivity contribution in [2.24, 2.45) is 5.92 Å². The van der Waals surface area contributed by atoms with Gasteiger partial charge in [-0.2, -0.15) is 0 Å². The fourth-order valence-corrected chi connectivity index (χ4v) is 2.76. The first-order valence-electron chi connectivity index (χ1n) is 8.51. The molecule has 0 bridgehead atoms. The molecule has 1 unspecified atom stereocenters. The second-order valence-electron chi connectivity index (χ2n) is 7.29. The van der Waals surface area contributed by atoms with E-state index in [-0.39, 0.29) is 23.5 Å². The first kappa shape index (κ1) is 24.2. The first-order chi connectivity index (χ1) is 11.9. The fraction of sp³-hybridized carbons (Fsp3) is 0.765. The predicted octanol–water partition coefficient (Wildman–Crippen LogP) is 1.44. The Kier molecular flexibility index (Phi) is 10.3. The zero-order valence-corrected chi connectivity index (χ0v) is 17.4. The number of hydrogen-bond donors (Lipinski definition) is 3. The summed E-state index contributed by atoms with van der Waals surface area (Å²) in [7, 11) is 1.49. The summed E-state index contributed by atoms with van der Waals surface area (Å²) < 4.78 is 5.12. The van der Waals surface area contributed by atoms with E-state index >= 15 is 0 Å². The minimum atomic E-state index is -0.862. The number of ether oxygens (including phenoxy) is 1. The maximum absolute atomic E-state index is 12.5. The third-order valence-corrected chi connectivity index (χ3v) is 4.02. The van der Waals surface area contributed by atoms with Crippen LogP contribution in [0.25, 0.3) is 0 Å². The smallest absolute Gasteiger partial charge is 0.407 e. The molecule has 0 aromatic heterocycles. The predicted molar refractivity (Wildman–Crippen MR) is 102 cm³/mol. The zero-order chi connectivity index (χ0) is 20.5. The summed E-state index contributed by atoms with van der Waals surface area (Å²) >= 11 is 0.795. The molecule has 3 N–H and O–H groups in total. The number of rotatable bonds is 8. The zero-order valence-electron chi connectivity index (χ0n) is 16.6. The van der Waals surface area contributed by atoms with Gasteiger partial charge in [-0.3, -0.25) is 14.4 Å². The van der Waals surface area contributed by atoms with Crippen LogP contribution in [0.5, 0.6) is 0 Å². The molecule has 3 amide bonds. The molecule has 0 heterocycles. The molecular formula is C17H31N3O5S. The highest BCUT2D eigenvalue weighted by Crippen LogP contribution is 2.14. The van der Waals surface area contributed by atoms with E-state index in [4.69, 9.17) is 4.74 Å². The highest BCUT2D eigenvalue weighted by atomic mass is 32.2. The Morgan fingerprint density at radius 2 is 1.65 bits per heavy atom. The Labute approximate surface area is 159 Å². The highest BCUT2D eigenvalue weighted by molar-refractivity contribution is 8.14. The molecule has 0 spiro atoms. The molecule has 8 nitrogen and oxygen atoms in total. The van der Waals surface area contributed by atoms with Gasteiger partial charge in [0.15, 0.2) is 5.12 Å². The number of carbonyl (C=O) groups excluding carboxylic acids is 4. The molecule has 0 saturated carbocycles. The number of carbonyl (C=O) groups is 4. The number of nitrogens with one attached hydrogen (secondary N) is 3. The molecule has 0 aromatic rings. The molecule has 26 heavy (non-hydrogen) atoms. The van der Waals surface area contributed by atoms with Gasteiger partial charge < -0.3 is 20.7 Å². The summed E-state index contributed by atoms with van der Waals surface area (Å²) in [6.45, 7) is 10.3. The molecule has 0 aliphatic heterocycles. The second kappa shape index (κ2) is 11.1. The Bertz CT molecular complexity index is 517. The van der Waals surface area contributed by atoms with Gasteiger partial charge in [0.1, 0.15) is 16.9 Å². The molecule has 150 valence electrons.